The highest BCUT2D eigenvalue weighted by molar-refractivity contribution is 7.20. The number of thiophene rings is 1. The first-order valence-electron chi connectivity index (χ1n) is 5.56. The third-order valence-corrected chi connectivity index (χ3v) is 3.34. The van der Waals surface area contributed by atoms with Crippen LogP contribution in [-0.2, 0) is 0 Å². The van der Waals surface area contributed by atoms with Crippen LogP contribution >= 0.6 is 11.3 Å². The van der Waals surface area contributed by atoms with Crippen LogP contribution in [0.15, 0.2) is 18.2 Å². The zero-order valence-electron chi connectivity index (χ0n) is 9.86. The van der Waals surface area contributed by atoms with Crippen molar-refractivity contribution in [3.63, 3.8) is 0 Å². The first-order valence-corrected chi connectivity index (χ1v) is 6.38. The quantitative estimate of drug-likeness (QED) is 0.762. The molecule has 0 bridgehead atoms. The zero-order valence-corrected chi connectivity index (χ0v) is 10.7. The molecule has 2 rings (SSSR count). The number of benzene rings is 1. The highest BCUT2D eigenvalue weighted by atomic mass is 32.1. The molecule has 3 nitrogen and oxygen atoms in total. The van der Waals surface area contributed by atoms with Gasteiger partial charge in [-0.3, -0.25) is 4.79 Å². The average molecular weight is 250 g/mol. The van der Waals surface area contributed by atoms with E-state index in [1.54, 1.807) is 0 Å². The summed E-state index contributed by atoms with van der Waals surface area (Å²) in [5, 5.41) is 1.02. The molecule has 0 unspecified atom stereocenters. The molecule has 0 amide bonds. The monoisotopic (exact) mass is 250 g/mol. The van der Waals surface area contributed by atoms with Crippen molar-refractivity contribution in [3.05, 3.63) is 23.1 Å². The first kappa shape index (κ1) is 11.9. The highest BCUT2D eigenvalue weighted by Crippen LogP contribution is 2.36. The fourth-order valence-electron chi connectivity index (χ4n) is 1.66. The molecule has 17 heavy (non-hydrogen) atoms. The Morgan fingerprint density at radius 2 is 1.76 bits per heavy atom. The van der Waals surface area contributed by atoms with E-state index in [9.17, 15) is 4.79 Å². The molecular weight excluding hydrogens is 236 g/mol. The number of carbonyl (C=O) groups is 1. The van der Waals surface area contributed by atoms with Gasteiger partial charge < -0.3 is 9.47 Å². The third-order valence-electron chi connectivity index (χ3n) is 2.32. The van der Waals surface area contributed by atoms with E-state index >= 15 is 0 Å². The van der Waals surface area contributed by atoms with E-state index < -0.39 is 0 Å². The van der Waals surface area contributed by atoms with Crippen LogP contribution in [0.25, 0.3) is 10.1 Å². The Kier molecular flexibility index (Phi) is 3.64. The molecule has 0 N–H and O–H groups in total. The lowest BCUT2D eigenvalue weighted by Crippen LogP contribution is -1.97. The van der Waals surface area contributed by atoms with Gasteiger partial charge in [0.2, 0.25) is 0 Å². The maximum absolute atomic E-state index is 10.7. The topological polar surface area (TPSA) is 35.5 Å². The maximum Gasteiger partial charge on any atom is 0.162 e. The summed E-state index contributed by atoms with van der Waals surface area (Å²) < 4.78 is 12.1. The Labute approximate surface area is 104 Å². The number of aldehydes is 1. The Morgan fingerprint density at radius 1 is 1.12 bits per heavy atom. The second-order valence-electron chi connectivity index (χ2n) is 3.47. The molecule has 0 aliphatic rings. The van der Waals surface area contributed by atoms with Gasteiger partial charge in [-0.25, -0.2) is 0 Å². The predicted octanol–water partition coefficient (Wildman–Crippen LogP) is 3.51. The molecule has 1 heterocycles. The Morgan fingerprint density at radius 3 is 2.35 bits per heavy atom. The van der Waals surface area contributed by atoms with Gasteiger partial charge in [0.1, 0.15) is 0 Å². The largest absolute Gasteiger partial charge is 0.490 e. The summed E-state index contributed by atoms with van der Waals surface area (Å²) in [7, 11) is 0. The van der Waals surface area contributed by atoms with Crippen molar-refractivity contribution < 1.29 is 14.3 Å². The number of hydrogen-bond acceptors (Lipinski definition) is 4. The van der Waals surface area contributed by atoms with Gasteiger partial charge in [0.05, 0.1) is 18.1 Å². The summed E-state index contributed by atoms with van der Waals surface area (Å²) in [5.41, 5.74) is 0. The van der Waals surface area contributed by atoms with Crippen LogP contribution < -0.4 is 9.47 Å². The van der Waals surface area contributed by atoms with E-state index in [0.29, 0.717) is 13.2 Å². The van der Waals surface area contributed by atoms with E-state index in [0.717, 1.165) is 32.7 Å². The summed E-state index contributed by atoms with van der Waals surface area (Å²) >= 11 is 1.46. The van der Waals surface area contributed by atoms with E-state index in [4.69, 9.17) is 9.47 Å². The van der Waals surface area contributed by atoms with Crippen molar-refractivity contribution in [2.45, 2.75) is 13.8 Å². The van der Waals surface area contributed by atoms with Crippen molar-refractivity contribution in [1.29, 1.82) is 0 Å². The fraction of sp³-hybridized carbons (Fsp3) is 0.308. The molecule has 4 heteroatoms. The van der Waals surface area contributed by atoms with Gasteiger partial charge in [-0.15, -0.1) is 11.3 Å². The lowest BCUT2D eigenvalue weighted by atomic mass is 10.2. The lowest BCUT2D eigenvalue weighted by molar-refractivity contribution is 0.112. The SMILES string of the molecule is CCOc1cc2cc(C=O)sc2cc1OCC. The van der Waals surface area contributed by atoms with Gasteiger partial charge >= 0.3 is 0 Å². The van der Waals surface area contributed by atoms with Crippen LogP contribution in [0.1, 0.15) is 23.5 Å². The first-order chi connectivity index (χ1) is 8.28. The lowest BCUT2D eigenvalue weighted by Gasteiger charge is -2.10. The van der Waals surface area contributed by atoms with Crippen LogP contribution in [0, 0.1) is 0 Å². The molecule has 0 aliphatic carbocycles. The molecule has 90 valence electrons. The normalized spacial score (nSPS) is 10.5. The Hall–Kier alpha value is -1.55. The van der Waals surface area contributed by atoms with E-state index in [1.807, 2.05) is 32.0 Å². The van der Waals surface area contributed by atoms with Crippen molar-refractivity contribution in [1.82, 2.24) is 0 Å². The van der Waals surface area contributed by atoms with Gasteiger partial charge in [0.15, 0.2) is 17.8 Å². The molecule has 0 fully saturated rings. The molecule has 0 radical (unpaired) electrons. The molecule has 0 saturated carbocycles. The Balaban J connectivity index is 2.52. The van der Waals surface area contributed by atoms with E-state index in [1.165, 1.54) is 11.3 Å². The van der Waals surface area contributed by atoms with Crippen LogP contribution in [-0.4, -0.2) is 19.5 Å². The van der Waals surface area contributed by atoms with Crippen molar-refractivity contribution in [3.8, 4) is 11.5 Å². The van der Waals surface area contributed by atoms with Crippen molar-refractivity contribution in [2.75, 3.05) is 13.2 Å². The van der Waals surface area contributed by atoms with Gasteiger partial charge in [-0.2, -0.15) is 0 Å². The highest BCUT2D eigenvalue weighted by Gasteiger charge is 2.09. The molecule has 0 aliphatic heterocycles. The average Bonchev–Trinajstić information content (AvgIpc) is 2.72. The predicted molar refractivity (Wildman–Crippen MR) is 69.6 cm³/mol. The van der Waals surface area contributed by atoms with E-state index in [-0.39, 0.29) is 0 Å². The number of rotatable bonds is 5. The van der Waals surface area contributed by atoms with Crippen LogP contribution in [0.5, 0.6) is 11.5 Å². The number of carbonyl (C=O) groups excluding carboxylic acids is 1. The second-order valence-corrected chi connectivity index (χ2v) is 4.58. The van der Waals surface area contributed by atoms with Gasteiger partial charge in [0, 0.05) is 10.8 Å². The molecule has 1 aromatic heterocycles. The Bertz CT molecular complexity index is 488. The smallest absolute Gasteiger partial charge is 0.162 e. The second kappa shape index (κ2) is 5.19. The maximum atomic E-state index is 10.7. The number of ether oxygens (including phenoxy) is 2. The fourth-order valence-corrected chi connectivity index (χ4v) is 2.55. The minimum atomic E-state index is 0.594. The van der Waals surface area contributed by atoms with Crippen LogP contribution in [0.2, 0.25) is 0 Å². The van der Waals surface area contributed by atoms with Crippen LogP contribution in [0.3, 0.4) is 0 Å². The zero-order chi connectivity index (χ0) is 12.3. The summed E-state index contributed by atoms with van der Waals surface area (Å²) in [6.45, 7) is 5.06. The molecule has 1 aromatic carbocycles. The summed E-state index contributed by atoms with van der Waals surface area (Å²) in [6, 6.07) is 5.72. The molecule has 0 atom stereocenters. The molecule has 2 aromatic rings. The summed E-state index contributed by atoms with van der Waals surface area (Å²) in [4.78, 5) is 11.5. The van der Waals surface area contributed by atoms with E-state index in [2.05, 4.69) is 0 Å². The minimum absolute atomic E-state index is 0.594. The van der Waals surface area contributed by atoms with Gasteiger partial charge in [-0.05, 0) is 31.4 Å². The van der Waals surface area contributed by atoms with Gasteiger partial charge in [0.25, 0.3) is 0 Å². The third kappa shape index (κ3) is 2.42. The number of hydrogen-bond donors (Lipinski definition) is 0. The van der Waals surface area contributed by atoms with Crippen LogP contribution in [0.4, 0.5) is 0 Å². The van der Waals surface area contributed by atoms with Crippen molar-refractivity contribution in [2.24, 2.45) is 0 Å². The minimum Gasteiger partial charge on any atom is -0.490 e. The molecule has 0 spiro atoms. The number of fused-ring (bicyclic) bond motifs is 1. The molecule has 0 saturated heterocycles. The standard InChI is InChI=1S/C13H14O3S/c1-3-15-11-6-9-5-10(8-14)17-13(9)7-12(11)16-4-2/h5-8H,3-4H2,1-2H3. The molecular formula is C13H14O3S. The summed E-state index contributed by atoms with van der Waals surface area (Å²) in [5.74, 6) is 1.47. The van der Waals surface area contributed by atoms with Crippen molar-refractivity contribution >= 4 is 27.7 Å². The summed E-state index contributed by atoms with van der Waals surface area (Å²) in [6.07, 6.45) is 0.866. The van der Waals surface area contributed by atoms with Gasteiger partial charge in [-0.1, -0.05) is 0 Å².